The second-order valence-electron chi connectivity index (χ2n) is 5.37. The lowest BCUT2D eigenvalue weighted by molar-refractivity contribution is 0.0375. The van der Waals surface area contributed by atoms with Crippen molar-refractivity contribution < 1.29 is 4.74 Å². The summed E-state index contributed by atoms with van der Waals surface area (Å²) in [4.78, 5) is 5.89. The zero-order chi connectivity index (χ0) is 13.1. The van der Waals surface area contributed by atoms with E-state index in [9.17, 15) is 0 Å². The highest BCUT2D eigenvalue weighted by molar-refractivity contribution is 5.86. The first-order valence-electron chi connectivity index (χ1n) is 7.20. The SMILES string of the molecule is Cc1cccc2[nH]cc(CCCN3CCOCC3)c12. The molecule has 0 radical (unpaired) electrons. The molecule has 2 aromatic rings. The molecule has 1 aliphatic heterocycles. The minimum absolute atomic E-state index is 0.895. The lowest BCUT2D eigenvalue weighted by atomic mass is 10.0. The van der Waals surface area contributed by atoms with Crippen LogP contribution in [-0.4, -0.2) is 42.7 Å². The van der Waals surface area contributed by atoms with Crippen LogP contribution in [0.4, 0.5) is 0 Å². The van der Waals surface area contributed by atoms with Crippen LogP contribution in [0.1, 0.15) is 17.5 Å². The third-order valence-electron chi connectivity index (χ3n) is 4.02. The summed E-state index contributed by atoms with van der Waals surface area (Å²) in [7, 11) is 0. The number of hydrogen-bond acceptors (Lipinski definition) is 2. The molecule has 1 aromatic heterocycles. The second-order valence-corrected chi connectivity index (χ2v) is 5.37. The zero-order valence-corrected chi connectivity index (χ0v) is 11.6. The Balaban J connectivity index is 1.62. The highest BCUT2D eigenvalue weighted by Crippen LogP contribution is 2.23. The summed E-state index contributed by atoms with van der Waals surface area (Å²) in [5, 5.41) is 1.42. The van der Waals surface area contributed by atoms with Crippen LogP contribution < -0.4 is 0 Å². The fraction of sp³-hybridized carbons (Fsp3) is 0.500. The number of benzene rings is 1. The van der Waals surface area contributed by atoms with Gasteiger partial charge in [0.2, 0.25) is 0 Å². The topological polar surface area (TPSA) is 28.3 Å². The number of morpholine rings is 1. The standard InChI is InChI=1S/C16H22N2O/c1-13-4-2-6-15-16(13)14(12-17-15)5-3-7-18-8-10-19-11-9-18/h2,4,6,12,17H,3,5,7-11H2,1H3. The van der Waals surface area contributed by atoms with Crippen LogP contribution in [0.2, 0.25) is 0 Å². The van der Waals surface area contributed by atoms with E-state index in [0.717, 1.165) is 32.7 Å². The monoisotopic (exact) mass is 258 g/mol. The van der Waals surface area contributed by atoms with Gasteiger partial charge in [-0.1, -0.05) is 12.1 Å². The van der Waals surface area contributed by atoms with Gasteiger partial charge in [0.25, 0.3) is 0 Å². The van der Waals surface area contributed by atoms with Crippen LogP contribution in [0.25, 0.3) is 10.9 Å². The summed E-state index contributed by atoms with van der Waals surface area (Å²) in [6.45, 7) is 7.35. The molecule has 102 valence electrons. The van der Waals surface area contributed by atoms with Crippen molar-refractivity contribution in [3.05, 3.63) is 35.5 Å². The lowest BCUT2D eigenvalue weighted by Gasteiger charge is -2.26. The summed E-state index contributed by atoms with van der Waals surface area (Å²) in [5.74, 6) is 0. The molecule has 1 N–H and O–H groups in total. The Morgan fingerprint density at radius 3 is 2.95 bits per heavy atom. The van der Waals surface area contributed by atoms with E-state index in [0.29, 0.717) is 0 Å². The first-order chi connectivity index (χ1) is 9.34. The second kappa shape index (κ2) is 5.76. The summed E-state index contributed by atoms with van der Waals surface area (Å²) in [6, 6.07) is 6.47. The van der Waals surface area contributed by atoms with Gasteiger partial charge in [-0.15, -0.1) is 0 Å². The Morgan fingerprint density at radius 2 is 2.11 bits per heavy atom. The van der Waals surface area contributed by atoms with Crippen LogP contribution in [-0.2, 0) is 11.2 Å². The number of fused-ring (bicyclic) bond motifs is 1. The first kappa shape index (κ1) is 12.7. The Bertz CT molecular complexity index is 541. The maximum Gasteiger partial charge on any atom is 0.0594 e. The number of H-pyrrole nitrogens is 1. The number of rotatable bonds is 4. The molecule has 0 saturated carbocycles. The average molecular weight is 258 g/mol. The average Bonchev–Trinajstić information content (AvgIpc) is 2.85. The molecule has 0 unspecified atom stereocenters. The van der Waals surface area contributed by atoms with E-state index in [-0.39, 0.29) is 0 Å². The van der Waals surface area contributed by atoms with Crippen molar-refractivity contribution >= 4 is 10.9 Å². The van der Waals surface area contributed by atoms with Crippen LogP contribution in [0.15, 0.2) is 24.4 Å². The number of aryl methyl sites for hydroxylation is 2. The molecular weight excluding hydrogens is 236 g/mol. The Hall–Kier alpha value is -1.32. The van der Waals surface area contributed by atoms with Gasteiger partial charge in [-0.25, -0.2) is 0 Å². The fourth-order valence-electron chi connectivity index (χ4n) is 2.97. The number of nitrogens with one attached hydrogen (secondary N) is 1. The maximum absolute atomic E-state index is 5.38. The molecule has 3 nitrogen and oxygen atoms in total. The number of aromatic amines is 1. The van der Waals surface area contributed by atoms with Crippen LogP contribution in [0.3, 0.4) is 0 Å². The highest BCUT2D eigenvalue weighted by Gasteiger charge is 2.10. The minimum Gasteiger partial charge on any atom is -0.379 e. The first-order valence-corrected chi connectivity index (χ1v) is 7.20. The highest BCUT2D eigenvalue weighted by atomic mass is 16.5. The predicted molar refractivity (Wildman–Crippen MR) is 78.6 cm³/mol. The third-order valence-corrected chi connectivity index (χ3v) is 4.02. The smallest absolute Gasteiger partial charge is 0.0594 e. The van der Waals surface area contributed by atoms with E-state index < -0.39 is 0 Å². The van der Waals surface area contributed by atoms with Crippen molar-refractivity contribution in [3.63, 3.8) is 0 Å². The molecular formula is C16H22N2O. The van der Waals surface area contributed by atoms with Crippen molar-refractivity contribution in [1.82, 2.24) is 9.88 Å². The van der Waals surface area contributed by atoms with Crippen molar-refractivity contribution in [3.8, 4) is 0 Å². The van der Waals surface area contributed by atoms with Crippen molar-refractivity contribution in [1.29, 1.82) is 0 Å². The van der Waals surface area contributed by atoms with Crippen molar-refractivity contribution in [2.45, 2.75) is 19.8 Å². The molecule has 0 aliphatic carbocycles. The van der Waals surface area contributed by atoms with E-state index in [4.69, 9.17) is 4.74 Å². The number of nitrogens with zero attached hydrogens (tertiary/aromatic N) is 1. The lowest BCUT2D eigenvalue weighted by Crippen LogP contribution is -2.36. The molecule has 0 amide bonds. The van der Waals surface area contributed by atoms with E-state index in [1.54, 1.807) is 0 Å². The van der Waals surface area contributed by atoms with Crippen LogP contribution >= 0.6 is 0 Å². The number of aromatic nitrogens is 1. The summed E-state index contributed by atoms with van der Waals surface area (Å²) in [6.07, 6.45) is 4.56. The zero-order valence-electron chi connectivity index (χ0n) is 11.6. The fourth-order valence-corrected chi connectivity index (χ4v) is 2.97. The van der Waals surface area contributed by atoms with Gasteiger partial charge >= 0.3 is 0 Å². The molecule has 0 atom stereocenters. The van der Waals surface area contributed by atoms with E-state index in [2.05, 4.69) is 41.2 Å². The molecule has 1 aromatic carbocycles. The van der Waals surface area contributed by atoms with Crippen LogP contribution in [0.5, 0.6) is 0 Å². The molecule has 1 fully saturated rings. The van der Waals surface area contributed by atoms with Crippen molar-refractivity contribution in [2.75, 3.05) is 32.8 Å². The molecule has 3 rings (SSSR count). The predicted octanol–water partition coefficient (Wildman–Crippen LogP) is 2.74. The summed E-state index contributed by atoms with van der Waals surface area (Å²) < 4.78 is 5.38. The van der Waals surface area contributed by atoms with Crippen LogP contribution in [0, 0.1) is 6.92 Å². The quantitative estimate of drug-likeness (QED) is 0.913. The van der Waals surface area contributed by atoms with Gasteiger partial charge in [-0.3, -0.25) is 4.90 Å². The van der Waals surface area contributed by atoms with Gasteiger partial charge in [0.05, 0.1) is 13.2 Å². The normalized spacial score (nSPS) is 17.1. The Labute approximate surface area is 114 Å². The number of hydrogen-bond donors (Lipinski definition) is 1. The summed E-state index contributed by atoms with van der Waals surface area (Å²) >= 11 is 0. The Morgan fingerprint density at radius 1 is 1.26 bits per heavy atom. The van der Waals surface area contributed by atoms with Gasteiger partial charge in [-0.05, 0) is 43.5 Å². The molecule has 0 bridgehead atoms. The molecule has 1 saturated heterocycles. The summed E-state index contributed by atoms with van der Waals surface area (Å²) in [5.41, 5.74) is 4.10. The molecule has 19 heavy (non-hydrogen) atoms. The van der Waals surface area contributed by atoms with E-state index in [1.807, 2.05) is 0 Å². The van der Waals surface area contributed by atoms with Crippen molar-refractivity contribution in [2.24, 2.45) is 0 Å². The van der Waals surface area contributed by atoms with Gasteiger partial charge < -0.3 is 9.72 Å². The largest absolute Gasteiger partial charge is 0.379 e. The Kier molecular flexibility index (Phi) is 3.85. The van der Waals surface area contributed by atoms with Gasteiger partial charge in [0.15, 0.2) is 0 Å². The van der Waals surface area contributed by atoms with Gasteiger partial charge in [0.1, 0.15) is 0 Å². The molecule has 0 spiro atoms. The van der Waals surface area contributed by atoms with Gasteiger partial charge in [0, 0.05) is 30.2 Å². The maximum atomic E-state index is 5.38. The molecule has 2 heterocycles. The van der Waals surface area contributed by atoms with E-state index >= 15 is 0 Å². The third kappa shape index (κ3) is 2.82. The minimum atomic E-state index is 0.895. The van der Waals surface area contributed by atoms with Gasteiger partial charge in [-0.2, -0.15) is 0 Å². The number of ether oxygens (including phenoxy) is 1. The van der Waals surface area contributed by atoms with E-state index in [1.165, 1.54) is 35.0 Å². The molecule has 1 aliphatic rings. The molecule has 3 heteroatoms.